The van der Waals surface area contributed by atoms with Gasteiger partial charge in [-0.2, -0.15) is 0 Å². The van der Waals surface area contributed by atoms with Crippen LogP contribution in [0.2, 0.25) is 0 Å². The lowest BCUT2D eigenvalue weighted by atomic mass is 9.89. The maximum atomic E-state index is 12.6. The van der Waals surface area contributed by atoms with Gasteiger partial charge in [-0.15, -0.1) is 0 Å². The van der Waals surface area contributed by atoms with Gasteiger partial charge in [-0.05, 0) is 76.8 Å². The number of pyridine rings is 1. The Balaban J connectivity index is 1.21. The molecular formula is C41H43N3O6. The lowest BCUT2D eigenvalue weighted by Gasteiger charge is -2.42. The minimum atomic E-state index is -0.782. The number of benzene rings is 4. The van der Waals surface area contributed by atoms with Gasteiger partial charge in [0.25, 0.3) is 5.91 Å². The Morgan fingerprint density at radius 1 is 0.880 bits per heavy atom. The minimum Gasteiger partial charge on any atom is -0.508 e. The van der Waals surface area contributed by atoms with Crippen LogP contribution in [-0.2, 0) is 22.6 Å². The molecule has 1 saturated heterocycles. The van der Waals surface area contributed by atoms with Crippen molar-refractivity contribution in [2.75, 3.05) is 20.1 Å². The maximum Gasteiger partial charge on any atom is 0.253 e. The van der Waals surface area contributed by atoms with Crippen molar-refractivity contribution in [2.24, 2.45) is 5.92 Å². The molecule has 5 aromatic rings. The molecule has 1 fully saturated rings. The van der Waals surface area contributed by atoms with Crippen molar-refractivity contribution in [3.05, 3.63) is 155 Å². The number of ether oxygens (including phenoxy) is 2. The number of carbonyl (C=O) groups is 1. The summed E-state index contributed by atoms with van der Waals surface area (Å²) in [5, 5.41) is 33.4. The number of nitrogens with zero attached hydrogens (tertiary/aromatic N) is 2. The van der Waals surface area contributed by atoms with Crippen molar-refractivity contribution in [3.8, 4) is 16.9 Å². The molecule has 0 saturated carbocycles. The van der Waals surface area contributed by atoms with Crippen molar-refractivity contribution in [3.63, 3.8) is 0 Å². The van der Waals surface area contributed by atoms with E-state index in [2.05, 4.69) is 29.4 Å². The number of rotatable bonds is 12. The Labute approximate surface area is 292 Å². The second kappa shape index (κ2) is 16.2. The van der Waals surface area contributed by atoms with E-state index in [-0.39, 0.29) is 36.4 Å². The number of aromatic nitrogens is 1. The lowest BCUT2D eigenvalue weighted by Crippen LogP contribution is -2.44. The van der Waals surface area contributed by atoms with Crippen LogP contribution in [0.1, 0.15) is 63.6 Å². The first-order valence-corrected chi connectivity index (χ1v) is 16.8. The zero-order chi connectivity index (χ0) is 35.0. The molecule has 0 radical (unpaired) electrons. The highest BCUT2D eigenvalue weighted by Crippen LogP contribution is 2.42. The maximum absolute atomic E-state index is 12.6. The van der Waals surface area contributed by atoms with Crippen LogP contribution < -0.4 is 5.32 Å². The summed E-state index contributed by atoms with van der Waals surface area (Å²) in [7, 11) is 1.95. The van der Waals surface area contributed by atoms with Gasteiger partial charge in [0.1, 0.15) is 5.75 Å². The first-order valence-electron chi connectivity index (χ1n) is 16.8. The van der Waals surface area contributed by atoms with Crippen LogP contribution >= 0.6 is 0 Å². The number of hydrogen-bond donors (Lipinski definition) is 4. The quantitative estimate of drug-likeness (QED) is 0.121. The normalized spacial score (nSPS) is 19.6. The molecule has 0 spiro atoms. The molecule has 5 atom stereocenters. The number of likely N-dealkylation sites (N-methyl/N-ethyl adjacent to an activating group) is 1. The molecule has 0 aliphatic carbocycles. The van der Waals surface area contributed by atoms with E-state index in [4.69, 9.17) is 9.47 Å². The SMILES string of the molecule is C[C@@H]1[C@H](CN(C)C[C@@H](O)c2cccc(O)c2)O[C@H](c2cccc(-c3cccc(CNC(=O)c4cccnc4)c3)c2)O[C@@H]1c1ccc(CO)cc1. The van der Waals surface area contributed by atoms with Crippen LogP contribution in [0.3, 0.4) is 0 Å². The average Bonchev–Trinajstić information content (AvgIpc) is 3.15. The van der Waals surface area contributed by atoms with Crippen LogP contribution in [0.15, 0.2) is 122 Å². The van der Waals surface area contributed by atoms with Gasteiger partial charge in [0, 0.05) is 43.5 Å². The molecule has 4 aromatic carbocycles. The van der Waals surface area contributed by atoms with Crippen molar-refractivity contribution >= 4 is 5.91 Å². The number of aromatic hydroxyl groups is 1. The number of phenols is 1. The Hall–Kier alpha value is -4.90. The van der Waals surface area contributed by atoms with Gasteiger partial charge in [-0.25, -0.2) is 0 Å². The standard InChI is InChI=1S/C41H43N3O6/c1-27-38(25-44(2)24-37(47)33-10-5-13-36(46)21-33)49-41(50-39(27)30-16-14-28(26-45)15-17-30)34-11-4-9-32(20-34)31-8-3-7-29(19-31)22-43-40(48)35-12-6-18-42-23-35/h3-21,23,27,37-39,41,45-47H,22,24-26H2,1-2H3,(H,43,48)/t27-,37-,38+,39+,41+/m1/s1. The van der Waals surface area contributed by atoms with Gasteiger partial charge >= 0.3 is 0 Å². The molecule has 1 amide bonds. The third-order valence-electron chi connectivity index (χ3n) is 9.15. The molecule has 1 aliphatic rings. The molecule has 2 heterocycles. The summed E-state index contributed by atoms with van der Waals surface area (Å²) in [5.41, 5.74) is 6.80. The van der Waals surface area contributed by atoms with Crippen LogP contribution in [0.5, 0.6) is 5.75 Å². The van der Waals surface area contributed by atoms with E-state index < -0.39 is 12.4 Å². The topological polar surface area (TPSA) is 124 Å². The molecule has 6 rings (SSSR count). The Bertz CT molecular complexity index is 1870. The molecule has 1 aliphatic heterocycles. The van der Waals surface area contributed by atoms with Gasteiger partial charge in [-0.3, -0.25) is 9.78 Å². The van der Waals surface area contributed by atoms with Crippen LogP contribution in [0.25, 0.3) is 11.1 Å². The summed E-state index contributed by atoms with van der Waals surface area (Å²) < 4.78 is 13.4. The summed E-state index contributed by atoms with van der Waals surface area (Å²) >= 11 is 0. The van der Waals surface area contributed by atoms with E-state index in [1.807, 2.05) is 72.6 Å². The fourth-order valence-corrected chi connectivity index (χ4v) is 6.35. The van der Waals surface area contributed by atoms with E-state index in [0.29, 0.717) is 30.8 Å². The number of hydrogen-bond acceptors (Lipinski definition) is 8. The predicted molar refractivity (Wildman–Crippen MR) is 191 cm³/mol. The predicted octanol–water partition coefficient (Wildman–Crippen LogP) is 6.33. The zero-order valence-corrected chi connectivity index (χ0v) is 28.2. The van der Waals surface area contributed by atoms with Crippen molar-refractivity contribution in [1.29, 1.82) is 0 Å². The van der Waals surface area contributed by atoms with Gasteiger partial charge in [0.2, 0.25) is 0 Å². The van der Waals surface area contributed by atoms with Gasteiger partial charge in [-0.1, -0.05) is 79.7 Å². The highest BCUT2D eigenvalue weighted by molar-refractivity contribution is 5.93. The highest BCUT2D eigenvalue weighted by Gasteiger charge is 2.39. The zero-order valence-electron chi connectivity index (χ0n) is 28.2. The lowest BCUT2D eigenvalue weighted by molar-refractivity contribution is -0.276. The van der Waals surface area contributed by atoms with Crippen LogP contribution in [-0.4, -0.2) is 57.4 Å². The molecule has 9 heteroatoms. The van der Waals surface area contributed by atoms with Crippen LogP contribution in [0, 0.1) is 5.92 Å². The van der Waals surface area contributed by atoms with Crippen molar-refractivity contribution in [1.82, 2.24) is 15.2 Å². The summed E-state index contributed by atoms with van der Waals surface area (Å²) in [5.74, 6) is -0.0978. The number of amides is 1. The van der Waals surface area contributed by atoms with E-state index in [1.54, 1.807) is 48.8 Å². The van der Waals surface area contributed by atoms with Crippen LogP contribution in [0.4, 0.5) is 0 Å². The molecule has 4 N–H and O–H groups in total. The number of nitrogens with one attached hydrogen (secondary N) is 1. The van der Waals surface area contributed by atoms with E-state index in [1.165, 1.54) is 0 Å². The molecule has 258 valence electrons. The summed E-state index contributed by atoms with van der Waals surface area (Å²) in [6, 6.07) is 34.2. The molecule has 0 unspecified atom stereocenters. The van der Waals surface area contributed by atoms with Crippen molar-refractivity contribution in [2.45, 2.75) is 44.7 Å². The minimum absolute atomic E-state index is 0.0340. The largest absolute Gasteiger partial charge is 0.508 e. The molecule has 1 aromatic heterocycles. The van der Waals surface area contributed by atoms with E-state index in [0.717, 1.165) is 33.4 Å². The monoisotopic (exact) mass is 673 g/mol. The smallest absolute Gasteiger partial charge is 0.253 e. The second-order valence-corrected chi connectivity index (χ2v) is 12.9. The van der Waals surface area contributed by atoms with Crippen molar-refractivity contribution < 1.29 is 29.6 Å². The van der Waals surface area contributed by atoms with E-state index >= 15 is 0 Å². The third-order valence-corrected chi connectivity index (χ3v) is 9.15. The van der Waals surface area contributed by atoms with E-state index in [9.17, 15) is 20.1 Å². The average molecular weight is 674 g/mol. The molecule has 0 bridgehead atoms. The number of aliphatic hydroxyl groups is 2. The molecular weight excluding hydrogens is 630 g/mol. The van der Waals surface area contributed by atoms with Gasteiger partial charge in [0.15, 0.2) is 6.29 Å². The summed E-state index contributed by atoms with van der Waals surface area (Å²) in [6.07, 6.45) is 1.21. The number of aliphatic hydroxyl groups excluding tert-OH is 2. The van der Waals surface area contributed by atoms with Gasteiger partial charge in [0.05, 0.1) is 30.5 Å². The first-order chi connectivity index (χ1) is 24.3. The highest BCUT2D eigenvalue weighted by atomic mass is 16.7. The Kier molecular flexibility index (Phi) is 11.3. The third kappa shape index (κ3) is 8.63. The Morgan fingerprint density at radius 3 is 2.38 bits per heavy atom. The first kappa shape index (κ1) is 34.9. The Morgan fingerprint density at radius 2 is 1.64 bits per heavy atom. The van der Waals surface area contributed by atoms with Gasteiger partial charge < -0.3 is 35.0 Å². The number of phenolic OH excluding ortho intramolecular Hbond substituents is 1. The molecule has 50 heavy (non-hydrogen) atoms. The second-order valence-electron chi connectivity index (χ2n) is 12.9. The molecule has 9 nitrogen and oxygen atoms in total. The number of carbonyl (C=O) groups excluding carboxylic acids is 1. The summed E-state index contributed by atoms with van der Waals surface area (Å²) in [4.78, 5) is 18.7. The summed E-state index contributed by atoms with van der Waals surface area (Å²) in [6.45, 7) is 3.34. The fraction of sp³-hybridized carbons (Fsp3) is 0.268. The fourth-order valence-electron chi connectivity index (χ4n) is 6.35.